The van der Waals surface area contributed by atoms with Crippen LogP contribution < -0.4 is 4.90 Å². The van der Waals surface area contributed by atoms with Gasteiger partial charge in [-0.2, -0.15) is 5.10 Å². The van der Waals surface area contributed by atoms with Crippen LogP contribution in [-0.2, 0) is 4.79 Å². The average Bonchev–Trinajstić information content (AvgIpc) is 3.13. The van der Waals surface area contributed by atoms with E-state index in [0.717, 1.165) is 67.3 Å². The molecular weight excluding hydrogens is 511 g/mol. The summed E-state index contributed by atoms with van der Waals surface area (Å²) in [7, 11) is 0. The van der Waals surface area contributed by atoms with Crippen LogP contribution in [0.5, 0.6) is 0 Å². The van der Waals surface area contributed by atoms with Crippen LogP contribution in [0.2, 0.25) is 10.0 Å². The summed E-state index contributed by atoms with van der Waals surface area (Å²) < 4.78 is 1.91. The lowest BCUT2D eigenvalue weighted by Gasteiger charge is -2.50. The minimum atomic E-state index is -0.639. The second-order valence-electron chi connectivity index (χ2n) is 11.0. The number of aryl methyl sites for hydroxylation is 1. The zero-order valence-electron chi connectivity index (χ0n) is 21.1. The summed E-state index contributed by atoms with van der Waals surface area (Å²) in [5, 5.41) is 15.2. The summed E-state index contributed by atoms with van der Waals surface area (Å²) in [5.41, 5.74) is 3.35. The van der Waals surface area contributed by atoms with E-state index in [1.54, 1.807) is 6.07 Å². The normalized spacial score (nSPS) is 25.6. The molecule has 0 spiro atoms. The summed E-state index contributed by atoms with van der Waals surface area (Å²) in [6.45, 7) is 8.17. The van der Waals surface area contributed by atoms with Gasteiger partial charge in [-0.05, 0) is 75.6 Å². The molecule has 1 saturated carbocycles. The highest BCUT2D eigenvalue weighted by atomic mass is 35.5. The Balaban J connectivity index is 1.14. The van der Waals surface area contributed by atoms with E-state index in [1.807, 2.05) is 29.9 Å². The SMILES string of the molecule is Cc1nn(C(C)c2ccc(Cl)cc2Cl)c2nc(N3CC([C@H]4CCCN([C@H]5C[C@H](C(=O)O)C5)C4)C3)cnc12. The standard InChI is InChI=1S/C27H32Cl2N6O2/c1-15-25-26(35(32-15)16(2)22-6-5-20(28)10-23(22)29)31-24(11-30-25)34-13-19(14-34)17-4-3-7-33(12-17)21-8-18(9-21)27(36)37/h5-6,10-11,16-19,21H,3-4,7-9,12-14H2,1-2H3,(H,36,37)/t16?,17-,18-,21-/m0/s1. The minimum Gasteiger partial charge on any atom is -0.481 e. The van der Waals surface area contributed by atoms with Crippen molar-refractivity contribution in [3.63, 3.8) is 0 Å². The number of carboxylic acid groups (broad SMARTS) is 1. The maximum absolute atomic E-state index is 11.2. The highest BCUT2D eigenvalue weighted by Crippen LogP contribution is 2.38. The molecule has 1 aliphatic carbocycles. The Morgan fingerprint density at radius 1 is 1.16 bits per heavy atom. The number of aromatic nitrogens is 4. The molecule has 0 amide bonds. The third-order valence-corrected chi connectivity index (χ3v) is 9.27. The van der Waals surface area contributed by atoms with Gasteiger partial charge in [0, 0.05) is 35.7 Å². The van der Waals surface area contributed by atoms with Crippen molar-refractivity contribution in [3.05, 3.63) is 45.7 Å². The molecule has 2 aromatic heterocycles. The fourth-order valence-corrected chi connectivity index (χ4v) is 6.84. The molecule has 1 N–H and O–H groups in total. The lowest BCUT2D eigenvalue weighted by molar-refractivity contribution is -0.147. The molecule has 3 aromatic rings. The van der Waals surface area contributed by atoms with Crippen molar-refractivity contribution in [2.24, 2.45) is 17.8 Å². The van der Waals surface area contributed by atoms with E-state index < -0.39 is 5.97 Å². The number of fused-ring (bicyclic) bond motifs is 1. The molecule has 3 aliphatic rings. The molecule has 0 radical (unpaired) electrons. The van der Waals surface area contributed by atoms with Crippen LogP contribution in [0.3, 0.4) is 0 Å². The van der Waals surface area contributed by atoms with E-state index in [4.69, 9.17) is 38.3 Å². The second kappa shape index (κ2) is 9.71. The first-order valence-electron chi connectivity index (χ1n) is 13.2. The molecule has 2 saturated heterocycles. The number of likely N-dealkylation sites (tertiary alicyclic amines) is 1. The summed E-state index contributed by atoms with van der Waals surface area (Å²) in [6, 6.07) is 5.88. The minimum absolute atomic E-state index is 0.116. The predicted molar refractivity (Wildman–Crippen MR) is 144 cm³/mol. The third kappa shape index (κ3) is 4.57. The Kier molecular flexibility index (Phi) is 6.53. The number of rotatable bonds is 6. The molecule has 0 bridgehead atoms. The zero-order valence-corrected chi connectivity index (χ0v) is 22.7. The van der Waals surface area contributed by atoms with Gasteiger partial charge in [-0.1, -0.05) is 29.3 Å². The van der Waals surface area contributed by atoms with Crippen molar-refractivity contribution in [2.75, 3.05) is 31.1 Å². The quantitative estimate of drug-likeness (QED) is 0.465. The van der Waals surface area contributed by atoms with Gasteiger partial charge in [-0.15, -0.1) is 0 Å². The Bertz CT molecular complexity index is 1330. The van der Waals surface area contributed by atoms with Crippen molar-refractivity contribution in [1.82, 2.24) is 24.6 Å². The fraction of sp³-hybridized carbons (Fsp3) is 0.556. The maximum Gasteiger partial charge on any atom is 0.306 e. The number of anilines is 1. The van der Waals surface area contributed by atoms with Crippen molar-refractivity contribution in [2.45, 2.75) is 51.6 Å². The number of benzene rings is 1. The van der Waals surface area contributed by atoms with E-state index in [9.17, 15) is 9.90 Å². The monoisotopic (exact) mass is 542 g/mol. The van der Waals surface area contributed by atoms with Crippen LogP contribution >= 0.6 is 23.2 Å². The molecule has 1 unspecified atom stereocenters. The molecule has 37 heavy (non-hydrogen) atoms. The first kappa shape index (κ1) is 24.9. The molecule has 6 rings (SSSR count). The number of carboxylic acids is 1. The molecule has 4 heterocycles. The van der Waals surface area contributed by atoms with Gasteiger partial charge in [0.25, 0.3) is 0 Å². The molecule has 10 heteroatoms. The van der Waals surface area contributed by atoms with E-state index in [2.05, 4.69) is 16.7 Å². The lowest BCUT2D eigenvalue weighted by Crippen LogP contribution is -2.56. The third-order valence-electron chi connectivity index (χ3n) is 8.71. The van der Waals surface area contributed by atoms with Crippen LogP contribution in [0.1, 0.15) is 49.9 Å². The van der Waals surface area contributed by atoms with Crippen LogP contribution in [0.15, 0.2) is 24.4 Å². The zero-order chi connectivity index (χ0) is 25.8. The topological polar surface area (TPSA) is 87.4 Å². The largest absolute Gasteiger partial charge is 0.481 e. The van der Waals surface area contributed by atoms with E-state index >= 15 is 0 Å². The molecular formula is C27H32Cl2N6O2. The second-order valence-corrected chi connectivity index (χ2v) is 11.8. The van der Waals surface area contributed by atoms with Crippen molar-refractivity contribution in [1.29, 1.82) is 0 Å². The average molecular weight is 543 g/mol. The Morgan fingerprint density at radius 3 is 2.68 bits per heavy atom. The van der Waals surface area contributed by atoms with Gasteiger partial charge in [-0.25, -0.2) is 14.6 Å². The Labute approximate surface area is 226 Å². The number of carbonyl (C=O) groups is 1. The van der Waals surface area contributed by atoms with Crippen LogP contribution in [-0.4, -0.2) is 67.9 Å². The van der Waals surface area contributed by atoms with E-state index in [1.165, 1.54) is 12.8 Å². The number of hydrogen-bond donors (Lipinski definition) is 1. The van der Waals surface area contributed by atoms with Crippen LogP contribution in [0.4, 0.5) is 5.82 Å². The number of aliphatic carboxylic acids is 1. The van der Waals surface area contributed by atoms with Gasteiger partial charge in [0.05, 0.1) is 23.9 Å². The highest BCUT2D eigenvalue weighted by molar-refractivity contribution is 6.35. The van der Waals surface area contributed by atoms with Gasteiger partial charge in [-0.3, -0.25) is 4.79 Å². The van der Waals surface area contributed by atoms with Gasteiger partial charge < -0.3 is 14.9 Å². The van der Waals surface area contributed by atoms with Gasteiger partial charge in [0.2, 0.25) is 0 Å². The number of halogens is 2. The van der Waals surface area contributed by atoms with Gasteiger partial charge >= 0.3 is 5.97 Å². The van der Waals surface area contributed by atoms with E-state index in [0.29, 0.717) is 27.9 Å². The molecule has 196 valence electrons. The van der Waals surface area contributed by atoms with Crippen LogP contribution in [0, 0.1) is 24.7 Å². The van der Waals surface area contributed by atoms with Crippen molar-refractivity contribution >= 4 is 46.2 Å². The first-order chi connectivity index (χ1) is 17.8. The van der Waals surface area contributed by atoms with Crippen molar-refractivity contribution < 1.29 is 9.90 Å². The lowest BCUT2D eigenvalue weighted by atomic mass is 9.76. The number of nitrogens with zero attached hydrogens (tertiary/aromatic N) is 6. The number of piperidine rings is 1. The summed E-state index contributed by atoms with van der Waals surface area (Å²) in [5.74, 6) is 1.39. The maximum atomic E-state index is 11.2. The van der Waals surface area contributed by atoms with E-state index in [-0.39, 0.29) is 12.0 Å². The fourth-order valence-electron chi connectivity index (χ4n) is 6.28. The summed E-state index contributed by atoms with van der Waals surface area (Å²) in [4.78, 5) is 25.8. The van der Waals surface area contributed by atoms with Crippen molar-refractivity contribution in [3.8, 4) is 0 Å². The highest BCUT2D eigenvalue weighted by Gasteiger charge is 2.42. The summed E-state index contributed by atoms with van der Waals surface area (Å²) in [6.07, 6.45) is 5.93. The molecule has 8 nitrogen and oxygen atoms in total. The summed E-state index contributed by atoms with van der Waals surface area (Å²) >= 11 is 12.6. The molecule has 1 aromatic carbocycles. The van der Waals surface area contributed by atoms with Gasteiger partial charge in [0.1, 0.15) is 11.3 Å². The Morgan fingerprint density at radius 2 is 1.95 bits per heavy atom. The number of hydrogen-bond acceptors (Lipinski definition) is 6. The van der Waals surface area contributed by atoms with Gasteiger partial charge in [0.15, 0.2) is 5.65 Å². The Hall–Kier alpha value is -2.42. The first-order valence-corrected chi connectivity index (χ1v) is 13.9. The molecule has 3 fully saturated rings. The smallest absolute Gasteiger partial charge is 0.306 e. The predicted octanol–water partition coefficient (Wildman–Crippen LogP) is 5.06. The molecule has 2 atom stereocenters. The van der Waals surface area contributed by atoms with Crippen LogP contribution in [0.25, 0.3) is 11.2 Å². The molecule has 2 aliphatic heterocycles.